The summed E-state index contributed by atoms with van der Waals surface area (Å²) in [5.74, 6) is 0.622. The third-order valence-electron chi connectivity index (χ3n) is 6.50. The van der Waals surface area contributed by atoms with Crippen molar-refractivity contribution >= 4 is 11.6 Å². The first-order valence-corrected chi connectivity index (χ1v) is 10.8. The molecule has 27 heavy (non-hydrogen) atoms. The van der Waals surface area contributed by atoms with E-state index in [1.165, 1.54) is 16.7 Å². The third kappa shape index (κ3) is 4.51. The molecule has 1 aliphatic heterocycles. The van der Waals surface area contributed by atoms with Gasteiger partial charge in [0.15, 0.2) is 0 Å². The monoisotopic (exact) mass is 370 g/mol. The minimum Gasteiger partial charge on any atom is -0.381 e. The van der Waals surface area contributed by atoms with Crippen LogP contribution in [0.3, 0.4) is 0 Å². The summed E-state index contributed by atoms with van der Waals surface area (Å²) in [6, 6.07) is 4.42. The Labute approximate surface area is 163 Å². The van der Waals surface area contributed by atoms with Gasteiger partial charge in [0.25, 0.3) is 0 Å². The molecule has 3 rings (SSSR count). The van der Waals surface area contributed by atoms with Crippen LogP contribution in [-0.4, -0.2) is 24.8 Å². The molecule has 0 amide bonds. The molecular weight excluding hydrogens is 336 g/mol. The molecule has 1 heterocycles. The standard InChI is InChI=1S/C24H34O3/c1-4-16-12-19(5-2)23(20(6-3)13-16)24-21(25)14-18(15-22(24)26)11-17-7-9-27-10-8-17/h12-13,17-18,24H,4-11,14-15H2,1-3H3. The van der Waals surface area contributed by atoms with Crippen LogP contribution < -0.4 is 0 Å². The summed E-state index contributed by atoms with van der Waals surface area (Å²) in [5.41, 5.74) is 4.74. The maximum atomic E-state index is 13.1. The highest BCUT2D eigenvalue weighted by atomic mass is 16.5. The predicted octanol–water partition coefficient (Wildman–Crippen LogP) is 4.82. The summed E-state index contributed by atoms with van der Waals surface area (Å²) in [4.78, 5) is 26.2. The summed E-state index contributed by atoms with van der Waals surface area (Å²) < 4.78 is 5.44. The van der Waals surface area contributed by atoms with Crippen molar-refractivity contribution in [2.24, 2.45) is 11.8 Å². The molecule has 1 saturated heterocycles. The number of aryl methyl sites for hydroxylation is 3. The molecule has 148 valence electrons. The molecule has 0 bridgehead atoms. The molecule has 1 aromatic rings. The fourth-order valence-corrected chi connectivity index (χ4v) is 5.01. The Morgan fingerprint density at radius 2 is 1.41 bits per heavy atom. The van der Waals surface area contributed by atoms with E-state index in [9.17, 15) is 9.59 Å². The lowest BCUT2D eigenvalue weighted by atomic mass is 9.71. The summed E-state index contributed by atoms with van der Waals surface area (Å²) in [6.07, 6.45) is 7.01. The first-order valence-electron chi connectivity index (χ1n) is 10.8. The van der Waals surface area contributed by atoms with Crippen molar-refractivity contribution in [1.82, 2.24) is 0 Å². The van der Waals surface area contributed by atoms with Crippen molar-refractivity contribution in [1.29, 1.82) is 0 Å². The van der Waals surface area contributed by atoms with Crippen molar-refractivity contribution in [3.05, 3.63) is 34.4 Å². The second kappa shape index (κ2) is 9.14. The van der Waals surface area contributed by atoms with E-state index in [1.54, 1.807) is 0 Å². The van der Waals surface area contributed by atoms with Gasteiger partial charge in [0.05, 0.1) is 0 Å². The number of Topliss-reactive ketones (excluding diaryl/α,β-unsaturated/α-hetero) is 2. The quantitative estimate of drug-likeness (QED) is 0.674. The van der Waals surface area contributed by atoms with Gasteiger partial charge in [0.2, 0.25) is 0 Å². The molecule has 0 unspecified atom stereocenters. The van der Waals surface area contributed by atoms with Crippen LogP contribution in [0.1, 0.15) is 81.0 Å². The van der Waals surface area contributed by atoms with Crippen LogP contribution >= 0.6 is 0 Å². The van der Waals surface area contributed by atoms with E-state index in [2.05, 4.69) is 32.9 Å². The largest absolute Gasteiger partial charge is 0.381 e. The van der Waals surface area contributed by atoms with Crippen molar-refractivity contribution in [3.8, 4) is 0 Å². The average molecular weight is 371 g/mol. The van der Waals surface area contributed by atoms with Crippen LogP contribution in [0.2, 0.25) is 0 Å². The molecule has 2 aliphatic rings. The zero-order chi connectivity index (χ0) is 19.4. The summed E-state index contributed by atoms with van der Waals surface area (Å²) in [6.45, 7) is 8.06. The molecule has 0 N–H and O–H groups in total. The molecule has 1 aromatic carbocycles. The second-order valence-corrected chi connectivity index (χ2v) is 8.32. The Morgan fingerprint density at radius 1 is 0.852 bits per heavy atom. The van der Waals surface area contributed by atoms with Crippen LogP contribution in [0, 0.1) is 11.8 Å². The lowest BCUT2D eigenvalue weighted by Gasteiger charge is -2.32. The SMILES string of the molecule is CCc1cc(CC)c(C2C(=O)CC(CC3CCOCC3)CC2=O)c(CC)c1. The summed E-state index contributed by atoms with van der Waals surface area (Å²) in [7, 11) is 0. The normalized spacial score (nSPS) is 24.4. The van der Waals surface area contributed by atoms with Crippen LogP contribution in [0.5, 0.6) is 0 Å². The van der Waals surface area contributed by atoms with Crippen LogP contribution in [0.15, 0.2) is 12.1 Å². The molecule has 3 nitrogen and oxygen atoms in total. The topological polar surface area (TPSA) is 43.4 Å². The minimum absolute atomic E-state index is 0.150. The van der Waals surface area contributed by atoms with Gasteiger partial charge in [0.1, 0.15) is 17.5 Å². The molecule has 1 aliphatic carbocycles. The summed E-state index contributed by atoms with van der Waals surface area (Å²) >= 11 is 0. The first-order chi connectivity index (χ1) is 13.1. The zero-order valence-electron chi connectivity index (χ0n) is 17.2. The molecule has 0 aromatic heterocycles. The molecule has 0 atom stereocenters. The molecule has 1 saturated carbocycles. The van der Waals surface area contributed by atoms with Gasteiger partial charge in [-0.2, -0.15) is 0 Å². The number of rotatable bonds is 6. The smallest absolute Gasteiger partial charge is 0.148 e. The number of carbonyl (C=O) groups is 2. The number of benzene rings is 1. The predicted molar refractivity (Wildman–Crippen MR) is 108 cm³/mol. The lowest BCUT2D eigenvalue weighted by molar-refractivity contribution is -0.134. The molecule has 0 radical (unpaired) electrons. The Morgan fingerprint density at radius 3 is 1.89 bits per heavy atom. The number of hydrogen-bond acceptors (Lipinski definition) is 3. The van der Waals surface area contributed by atoms with Gasteiger partial charge in [-0.3, -0.25) is 9.59 Å². The van der Waals surface area contributed by atoms with E-state index in [0.29, 0.717) is 18.8 Å². The summed E-state index contributed by atoms with van der Waals surface area (Å²) in [5, 5.41) is 0. The van der Waals surface area contributed by atoms with E-state index in [1.807, 2.05) is 0 Å². The van der Waals surface area contributed by atoms with Gasteiger partial charge in [0, 0.05) is 26.1 Å². The average Bonchev–Trinajstić information content (AvgIpc) is 2.68. The third-order valence-corrected chi connectivity index (χ3v) is 6.50. The first kappa shape index (κ1) is 20.3. The molecular formula is C24H34O3. The van der Waals surface area contributed by atoms with Crippen LogP contribution in [0.4, 0.5) is 0 Å². The van der Waals surface area contributed by atoms with Crippen LogP contribution in [0.25, 0.3) is 0 Å². The number of carbonyl (C=O) groups excluding carboxylic acids is 2. The van der Waals surface area contributed by atoms with Gasteiger partial charge < -0.3 is 4.74 Å². The lowest BCUT2D eigenvalue weighted by Crippen LogP contribution is -2.34. The van der Waals surface area contributed by atoms with Crippen molar-refractivity contribution in [3.63, 3.8) is 0 Å². The van der Waals surface area contributed by atoms with Gasteiger partial charge in [-0.25, -0.2) is 0 Å². The Bertz CT molecular complexity index is 642. The second-order valence-electron chi connectivity index (χ2n) is 8.32. The van der Waals surface area contributed by atoms with E-state index in [0.717, 1.165) is 57.3 Å². The van der Waals surface area contributed by atoms with Gasteiger partial charge in [-0.1, -0.05) is 32.9 Å². The Balaban J connectivity index is 1.82. The fraction of sp³-hybridized carbons (Fsp3) is 0.667. The maximum absolute atomic E-state index is 13.1. The van der Waals surface area contributed by atoms with E-state index >= 15 is 0 Å². The maximum Gasteiger partial charge on any atom is 0.148 e. The van der Waals surface area contributed by atoms with E-state index in [4.69, 9.17) is 4.74 Å². The number of ether oxygens (including phenoxy) is 1. The van der Waals surface area contributed by atoms with Crippen molar-refractivity contribution < 1.29 is 14.3 Å². The zero-order valence-corrected chi connectivity index (χ0v) is 17.2. The number of ketones is 2. The highest BCUT2D eigenvalue weighted by Crippen LogP contribution is 2.38. The van der Waals surface area contributed by atoms with E-state index in [-0.39, 0.29) is 17.5 Å². The molecule has 0 spiro atoms. The van der Waals surface area contributed by atoms with Gasteiger partial charge in [-0.15, -0.1) is 0 Å². The van der Waals surface area contributed by atoms with Crippen LogP contribution in [-0.2, 0) is 33.6 Å². The highest BCUT2D eigenvalue weighted by Gasteiger charge is 2.39. The Kier molecular flexibility index (Phi) is 6.86. The van der Waals surface area contributed by atoms with Crippen molar-refractivity contribution in [2.75, 3.05) is 13.2 Å². The van der Waals surface area contributed by atoms with Gasteiger partial charge >= 0.3 is 0 Å². The molecule has 2 fully saturated rings. The minimum atomic E-state index is -0.522. The Hall–Kier alpha value is -1.48. The van der Waals surface area contributed by atoms with Gasteiger partial charge in [-0.05, 0) is 72.6 Å². The fourth-order valence-electron chi connectivity index (χ4n) is 5.01. The van der Waals surface area contributed by atoms with E-state index < -0.39 is 5.92 Å². The highest BCUT2D eigenvalue weighted by molar-refractivity contribution is 6.10. The van der Waals surface area contributed by atoms with Crippen molar-refractivity contribution in [2.45, 2.75) is 78.1 Å². The molecule has 3 heteroatoms. The number of hydrogen-bond donors (Lipinski definition) is 0.